The highest BCUT2D eigenvalue weighted by Gasteiger charge is 2.07. The molecule has 3 nitrogen and oxygen atoms in total. The van der Waals surface area contributed by atoms with Crippen molar-refractivity contribution in [3.05, 3.63) is 57.7 Å². The van der Waals surface area contributed by atoms with E-state index < -0.39 is 0 Å². The van der Waals surface area contributed by atoms with Crippen molar-refractivity contribution >= 4 is 39.9 Å². The Morgan fingerprint density at radius 3 is 2.59 bits per heavy atom. The molecule has 0 bridgehead atoms. The van der Waals surface area contributed by atoms with E-state index in [0.29, 0.717) is 11.3 Å². The van der Waals surface area contributed by atoms with E-state index in [0.717, 1.165) is 9.26 Å². The largest absolute Gasteiger partial charge is 0.399 e. The van der Waals surface area contributed by atoms with Gasteiger partial charge in [0.1, 0.15) is 0 Å². The maximum Gasteiger partial charge on any atom is 0.255 e. The van der Waals surface area contributed by atoms with E-state index in [9.17, 15) is 4.79 Å². The number of hydrogen-bond acceptors (Lipinski definition) is 2. The van der Waals surface area contributed by atoms with Gasteiger partial charge in [-0.15, -0.1) is 0 Å². The SMILES string of the molecule is Nc1cccc(C(=O)Nc2ccccc2I)c1. The number of benzene rings is 2. The number of nitrogens with two attached hydrogens (primary N) is 1. The molecule has 2 rings (SSSR count). The fourth-order valence-corrected chi connectivity index (χ4v) is 1.96. The first-order valence-electron chi connectivity index (χ1n) is 5.08. The second-order valence-corrected chi connectivity index (χ2v) is 4.72. The number of rotatable bonds is 2. The van der Waals surface area contributed by atoms with Gasteiger partial charge in [0.25, 0.3) is 5.91 Å². The summed E-state index contributed by atoms with van der Waals surface area (Å²) in [5, 5.41) is 2.85. The third-order valence-electron chi connectivity index (χ3n) is 2.27. The maximum absolute atomic E-state index is 11.9. The van der Waals surface area contributed by atoms with Gasteiger partial charge in [0, 0.05) is 14.8 Å². The van der Waals surface area contributed by atoms with Crippen LogP contribution in [-0.2, 0) is 0 Å². The molecule has 0 saturated heterocycles. The molecule has 0 atom stereocenters. The molecule has 2 aromatic rings. The van der Waals surface area contributed by atoms with Crippen molar-refractivity contribution in [1.82, 2.24) is 0 Å². The summed E-state index contributed by atoms with van der Waals surface area (Å²) in [7, 11) is 0. The lowest BCUT2D eigenvalue weighted by Crippen LogP contribution is -2.12. The van der Waals surface area contributed by atoms with Gasteiger partial charge in [-0.25, -0.2) is 0 Å². The summed E-state index contributed by atoms with van der Waals surface area (Å²) in [6.45, 7) is 0. The first-order valence-corrected chi connectivity index (χ1v) is 6.16. The number of amides is 1. The molecule has 1 amide bonds. The van der Waals surface area contributed by atoms with E-state index in [1.807, 2.05) is 24.3 Å². The van der Waals surface area contributed by atoms with Gasteiger partial charge in [-0.1, -0.05) is 18.2 Å². The Kier molecular flexibility index (Phi) is 3.63. The van der Waals surface area contributed by atoms with Gasteiger partial charge in [-0.2, -0.15) is 0 Å². The van der Waals surface area contributed by atoms with Crippen LogP contribution in [0.2, 0.25) is 0 Å². The highest BCUT2D eigenvalue weighted by molar-refractivity contribution is 14.1. The van der Waals surface area contributed by atoms with Crippen molar-refractivity contribution in [3.63, 3.8) is 0 Å². The van der Waals surface area contributed by atoms with E-state index in [4.69, 9.17) is 5.73 Å². The van der Waals surface area contributed by atoms with E-state index in [2.05, 4.69) is 27.9 Å². The topological polar surface area (TPSA) is 55.1 Å². The summed E-state index contributed by atoms with van der Waals surface area (Å²) in [6.07, 6.45) is 0. The van der Waals surface area contributed by atoms with Crippen LogP contribution in [-0.4, -0.2) is 5.91 Å². The molecule has 0 aliphatic heterocycles. The Hall–Kier alpha value is -1.56. The molecule has 0 aliphatic carbocycles. The van der Waals surface area contributed by atoms with E-state index in [-0.39, 0.29) is 5.91 Å². The normalized spacial score (nSPS) is 9.94. The van der Waals surface area contributed by atoms with Crippen molar-refractivity contribution in [2.75, 3.05) is 11.1 Å². The summed E-state index contributed by atoms with van der Waals surface area (Å²) in [6, 6.07) is 14.5. The second kappa shape index (κ2) is 5.18. The molecule has 0 heterocycles. The lowest BCUT2D eigenvalue weighted by molar-refractivity contribution is 0.102. The number of para-hydroxylation sites is 1. The van der Waals surface area contributed by atoms with Gasteiger partial charge < -0.3 is 11.1 Å². The highest BCUT2D eigenvalue weighted by Crippen LogP contribution is 2.18. The molecular formula is C13H11IN2O. The number of nitrogens with one attached hydrogen (secondary N) is 1. The van der Waals surface area contributed by atoms with Crippen molar-refractivity contribution < 1.29 is 4.79 Å². The molecule has 86 valence electrons. The zero-order chi connectivity index (χ0) is 12.3. The Morgan fingerprint density at radius 1 is 1.12 bits per heavy atom. The summed E-state index contributed by atoms with van der Waals surface area (Å²) in [5.74, 6) is -0.151. The Labute approximate surface area is 113 Å². The molecular weight excluding hydrogens is 327 g/mol. The number of carbonyl (C=O) groups excluding carboxylic acids is 1. The predicted molar refractivity (Wildman–Crippen MR) is 78.0 cm³/mol. The van der Waals surface area contributed by atoms with Crippen LogP contribution < -0.4 is 11.1 Å². The van der Waals surface area contributed by atoms with Crippen LogP contribution in [0, 0.1) is 3.57 Å². The quantitative estimate of drug-likeness (QED) is 0.653. The van der Waals surface area contributed by atoms with Crippen LogP contribution in [0.25, 0.3) is 0 Å². The minimum atomic E-state index is -0.151. The molecule has 0 spiro atoms. The average molecular weight is 338 g/mol. The van der Waals surface area contributed by atoms with Gasteiger partial charge in [0.15, 0.2) is 0 Å². The third kappa shape index (κ3) is 2.97. The zero-order valence-electron chi connectivity index (χ0n) is 8.98. The third-order valence-corrected chi connectivity index (χ3v) is 3.21. The molecule has 3 N–H and O–H groups in total. The molecule has 4 heteroatoms. The van der Waals surface area contributed by atoms with Crippen LogP contribution >= 0.6 is 22.6 Å². The molecule has 0 unspecified atom stereocenters. The first kappa shape index (κ1) is 11.9. The summed E-state index contributed by atoms with van der Waals surface area (Å²) in [5.41, 5.74) is 7.59. The zero-order valence-corrected chi connectivity index (χ0v) is 11.1. The average Bonchev–Trinajstić information content (AvgIpc) is 2.32. The lowest BCUT2D eigenvalue weighted by atomic mass is 10.2. The number of nitrogen functional groups attached to an aromatic ring is 1. The second-order valence-electron chi connectivity index (χ2n) is 3.56. The van der Waals surface area contributed by atoms with Gasteiger partial charge >= 0.3 is 0 Å². The summed E-state index contributed by atoms with van der Waals surface area (Å²) in [4.78, 5) is 11.9. The van der Waals surface area contributed by atoms with Crippen molar-refractivity contribution in [2.24, 2.45) is 0 Å². The molecule has 2 aromatic carbocycles. The van der Waals surface area contributed by atoms with Gasteiger partial charge in [0.05, 0.1) is 5.69 Å². The molecule has 0 radical (unpaired) electrons. The minimum Gasteiger partial charge on any atom is -0.399 e. The van der Waals surface area contributed by atoms with Gasteiger partial charge in [-0.05, 0) is 52.9 Å². The van der Waals surface area contributed by atoms with Crippen LogP contribution in [0.1, 0.15) is 10.4 Å². The minimum absolute atomic E-state index is 0.151. The molecule has 0 aliphatic rings. The fourth-order valence-electron chi connectivity index (χ4n) is 1.44. The predicted octanol–water partition coefficient (Wildman–Crippen LogP) is 3.13. The van der Waals surface area contributed by atoms with Crippen LogP contribution in [0.5, 0.6) is 0 Å². The number of anilines is 2. The van der Waals surface area contributed by atoms with Crippen molar-refractivity contribution in [2.45, 2.75) is 0 Å². The van der Waals surface area contributed by atoms with E-state index in [1.54, 1.807) is 24.3 Å². The Balaban J connectivity index is 2.20. The number of hydrogen-bond donors (Lipinski definition) is 2. The maximum atomic E-state index is 11.9. The van der Waals surface area contributed by atoms with Crippen LogP contribution in [0.3, 0.4) is 0 Å². The van der Waals surface area contributed by atoms with Crippen molar-refractivity contribution in [3.8, 4) is 0 Å². The monoisotopic (exact) mass is 338 g/mol. The van der Waals surface area contributed by atoms with E-state index in [1.165, 1.54) is 0 Å². The van der Waals surface area contributed by atoms with Crippen LogP contribution in [0.15, 0.2) is 48.5 Å². The first-order chi connectivity index (χ1) is 8.16. The number of carbonyl (C=O) groups is 1. The van der Waals surface area contributed by atoms with Gasteiger partial charge in [0.2, 0.25) is 0 Å². The smallest absolute Gasteiger partial charge is 0.255 e. The Bertz CT molecular complexity index is 555. The summed E-state index contributed by atoms with van der Waals surface area (Å²) < 4.78 is 1.00. The molecule has 17 heavy (non-hydrogen) atoms. The Morgan fingerprint density at radius 2 is 1.88 bits per heavy atom. The standard InChI is InChI=1S/C13H11IN2O/c14-11-6-1-2-7-12(11)16-13(17)9-4-3-5-10(15)8-9/h1-8H,15H2,(H,16,17). The molecule has 0 saturated carbocycles. The van der Waals surface area contributed by atoms with E-state index >= 15 is 0 Å². The summed E-state index contributed by atoms with van der Waals surface area (Å²) >= 11 is 2.18. The lowest BCUT2D eigenvalue weighted by Gasteiger charge is -2.07. The number of halogens is 1. The molecule has 0 fully saturated rings. The van der Waals surface area contributed by atoms with Crippen molar-refractivity contribution in [1.29, 1.82) is 0 Å². The van der Waals surface area contributed by atoms with Crippen LogP contribution in [0.4, 0.5) is 11.4 Å². The molecule has 0 aromatic heterocycles. The fraction of sp³-hybridized carbons (Fsp3) is 0. The van der Waals surface area contributed by atoms with Gasteiger partial charge in [-0.3, -0.25) is 4.79 Å². The highest BCUT2D eigenvalue weighted by atomic mass is 127.